The molecule has 2 unspecified atom stereocenters. The quantitative estimate of drug-likeness (QED) is 0.751. The lowest BCUT2D eigenvalue weighted by atomic mass is 9.80. The van der Waals surface area contributed by atoms with Gasteiger partial charge in [0.25, 0.3) is 0 Å². The van der Waals surface area contributed by atoms with E-state index in [9.17, 15) is 13.2 Å². The second-order valence-corrected chi connectivity index (χ2v) is 5.83. The van der Waals surface area contributed by atoms with E-state index < -0.39 is 12.1 Å². The fraction of sp³-hybridized carbons (Fsp3) is 0.917. The first-order chi connectivity index (χ1) is 7.64. The zero-order chi connectivity index (χ0) is 13.3. The van der Waals surface area contributed by atoms with Gasteiger partial charge in [-0.25, -0.2) is 0 Å². The fourth-order valence-electron chi connectivity index (χ4n) is 2.18. The summed E-state index contributed by atoms with van der Waals surface area (Å²) in [5.74, 6) is -1.45. The number of alkyl halides is 3. The van der Waals surface area contributed by atoms with Crippen molar-refractivity contribution in [1.82, 2.24) is 4.90 Å². The Morgan fingerprint density at radius 3 is 2.29 bits per heavy atom. The van der Waals surface area contributed by atoms with Crippen molar-refractivity contribution < 1.29 is 13.2 Å². The molecular formula is C12H19F3N2. The number of hydrogen-bond acceptors (Lipinski definition) is 2. The van der Waals surface area contributed by atoms with Crippen molar-refractivity contribution in [2.24, 2.45) is 17.3 Å². The molecule has 98 valence electrons. The molecular weight excluding hydrogens is 229 g/mol. The minimum absolute atomic E-state index is 0.120. The minimum Gasteiger partial charge on any atom is -0.301 e. The van der Waals surface area contributed by atoms with Gasteiger partial charge in [-0.3, -0.25) is 0 Å². The minimum atomic E-state index is -4.41. The molecule has 0 bridgehead atoms. The van der Waals surface area contributed by atoms with Crippen LogP contribution in [0, 0.1) is 28.6 Å². The molecule has 0 aliphatic carbocycles. The van der Waals surface area contributed by atoms with Crippen LogP contribution in [0.3, 0.4) is 0 Å². The Morgan fingerprint density at radius 1 is 1.35 bits per heavy atom. The molecule has 0 amide bonds. The van der Waals surface area contributed by atoms with Gasteiger partial charge in [-0.15, -0.1) is 0 Å². The van der Waals surface area contributed by atoms with Crippen LogP contribution < -0.4 is 0 Å². The van der Waals surface area contributed by atoms with Crippen LogP contribution in [0.5, 0.6) is 0 Å². The number of nitrogens with zero attached hydrogens (tertiary/aromatic N) is 2. The van der Waals surface area contributed by atoms with Gasteiger partial charge in [-0.1, -0.05) is 20.8 Å². The summed E-state index contributed by atoms with van der Waals surface area (Å²) >= 11 is 0. The van der Waals surface area contributed by atoms with E-state index in [0.717, 1.165) is 6.42 Å². The molecule has 2 atom stereocenters. The summed E-state index contributed by atoms with van der Waals surface area (Å²) in [5.41, 5.74) is 0.120. The standard InChI is InChI=1S/C12H19F3N2/c1-11(2,3)9-4-5-17(7-9)8-10(6-16)12(13,14)15/h9-10H,4-5,7-8H2,1-3H3. The van der Waals surface area contributed by atoms with E-state index in [4.69, 9.17) is 5.26 Å². The number of hydrogen-bond donors (Lipinski definition) is 0. The lowest BCUT2D eigenvalue weighted by molar-refractivity contribution is -0.162. The fourth-order valence-corrected chi connectivity index (χ4v) is 2.18. The van der Waals surface area contributed by atoms with Crippen LogP contribution >= 0.6 is 0 Å². The molecule has 0 spiro atoms. The molecule has 0 aromatic rings. The molecule has 1 aliphatic rings. The average Bonchev–Trinajstić information content (AvgIpc) is 2.59. The summed E-state index contributed by atoms with van der Waals surface area (Å²) in [5, 5.41) is 8.55. The number of likely N-dealkylation sites (tertiary alicyclic amines) is 1. The van der Waals surface area contributed by atoms with Crippen LogP contribution in [0.2, 0.25) is 0 Å². The van der Waals surface area contributed by atoms with E-state index in [1.807, 2.05) is 0 Å². The Labute approximate surface area is 100 Å². The van der Waals surface area contributed by atoms with Crippen molar-refractivity contribution >= 4 is 0 Å². The second kappa shape index (κ2) is 4.85. The van der Waals surface area contributed by atoms with Gasteiger partial charge >= 0.3 is 6.18 Å². The van der Waals surface area contributed by atoms with Crippen molar-refractivity contribution in [2.45, 2.75) is 33.4 Å². The van der Waals surface area contributed by atoms with Gasteiger partial charge in [0.15, 0.2) is 5.92 Å². The first-order valence-corrected chi connectivity index (χ1v) is 5.83. The lowest BCUT2D eigenvalue weighted by Gasteiger charge is -2.27. The number of halogens is 3. The van der Waals surface area contributed by atoms with Gasteiger partial charge in [0.1, 0.15) is 0 Å². The molecule has 1 heterocycles. The van der Waals surface area contributed by atoms with Crippen molar-refractivity contribution in [3.8, 4) is 6.07 Å². The van der Waals surface area contributed by atoms with Crippen LogP contribution in [0.15, 0.2) is 0 Å². The molecule has 2 nitrogen and oxygen atoms in total. The van der Waals surface area contributed by atoms with Gasteiger partial charge in [0, 0.05) is 13.1 Å². The van der Waals surface area contributed by atoms with E-state index in [2.05, 4.69) is 20.8 Å². The first kappa shape index (κ1) is 14.3. The third kappa shape index (κ3) is 3.88. The zero-order valence-corrected chi connectivity index (χ0v) is 10.5. The summed E-state index contributed by atoms with van der Waals surface area (Å²) in [4.78, 5) is 1.76. The van der Waals surface area contributed by atoms with Crippen molar-refractivity contribution in [2.75, 3.05) is 19.6 Å². The summed E-state index contributed by atoms with van der Waals surface area (Å²) in [6, 6.07) is 1.36. The summed E-state index contributed by atoms with van der Waals surface area (Å²) in [7, 11) is 0. The predicted molar refractivity (Wildman–Crippen MR) is 59.2 cm³/mol. The molecule has 0 saturated carbocycles. The van der Waals surface area contributed by atoms with Crippen LogP contribution in [0.1, 0.15) is 27.2 Å². The Kier molecular flexibility index (Phi) is 4.08. The Morgan fingerprint density at radius 2 is 1.94 bits per heavy atom. The van der Waals surface area contributed by atoms with Crippen LogP contribution in [-0.4, -0.2) is 30.7 Å². The number of rotatable bonds is 2. The van der Waals surface area contributed by atoms with Crippen molar-refractivity contribution in [3.05, 3.63) is 0 Å². The summed E-state index contributed by atoms with van der Waals surface area (Å²) in [6.07, 6.45) is -3.49. The second-order valence-electron chi connectivity index (χ2n) is 5.83. The summed E-state index contributed by atoms with van der Waals surface area (Å²) < 4.78 is 37.4. The van der Waals surface area contributed by atoms with Gasteiger partial charge in [0.2, 0.25) is 0 Å². The van der Waals surface area contributed by atoms with Crippen LogP contribution in [0.25, 0.3) is 0 Å². The molecule has 1 aliphatic heterocycles. The highest BCUT2D eigenvalue weighted by Gasteiger charge is 2.42. The van der Waals surface area contributed by atoms with E-state index in [0.29, 0.717) is 19.0 Å². The van der Waals surface area contributed by atoms with Crippen LogP contribution in [0.4, 0.5) is 13.2 Å². The molecule has 5 heteroatoms. The Hall–Kier alpha value is -0.760. The third-order valence-electron chi connectivity index (χ3n) is 3.49. The molecule has 0 aromatic heterocycles. The third-order valence-corrected chi connectivity index (χ3v) is 3.49. The maximum absolute atomic E-state index is 12.5. The van der Waals surface area contributed by atoms with Crippen LogP contribution in [-0.2, 0) is 0 Å². The Bertz CT molecular complexity index is 298. The molecule has 1 fully saturated rings. The molecule has 0 aromatic carbocycles. The highest BCUT2D eigenvalue weighted by atomic mass is 19.4. The molecule has 1 saturated heterocycles. The molecule has 17 heavy (non-hydrogen) atoms. The SMILES string of the molecule is CC(C)(C)C1CCN(CC(C#N)C(F)(F)F)C1. The normalized spacial score (nSPS) is 24.6. The van der Waals surface area contributed by atoms with Gasteiger partial charge in [-0.05, 0) is 24.3 Å². The van der Waals surface area contributed by atoms with Gasteiger partial charge in [0.05, 0.1) is 6.07 Å². The van der Waals surface area contributed by atoms with E-state index in [-0.39, 0.29) is 12.0 Å². The van der Waals surface area contributed by atoms with Crippen molar-refractivity contribution in [1.29, 1.82) is 5.26 Å². The number of nitriles is 1. The maximum atomic E-state index is 12.5. The zero-order valence-electron chi connectivity index (χ0n) is 10.5. The van der Waals surface area contributed by atoms with Gasteiger partial charge < -0.3 is 4.90 Å². The molecule has 0 radical (unpaired) electrons. The molecule has 1 rings (SSSR count). The van der Waals surface area contributed by atoms with E-state index in [1.54, 1.807) is 4.90 Å². The van der Waals surface area contributed by atoms with E-state index in [1.165, 1.54) is 6.07 Å². The summed E-state index contributed by atoms with van der Waals surface area (Å²) in [6.45, 7) is 7.45. The maximum Gasteiger partial charge on any atom is 0.405 e. The predicted octanol–water partition coefficient (Wildman–Crippen LogP) is 3.06. The highest BCUT2D eigenvalue weighted by molar-refractivity contribution is 4.93. The lowest BCUT2D eigenvalue weighted by Crippen LogP contribution is -2.35. The Balaban J connectivity index is 2.54. The smallest absolute Gasteiger partial charge is 0.301 e. The highest BCUT2D eigenvalue weighted by Crippen LogP contribution is 2.35. The van der Waals surface area contributed by atoms with E-state index >= 15 is 0 Å². The average molecular weight is 248 g/mol. The monoisotopic (exact) mass is 248 g/mol. The molecule has 0 N–H and O–H groups in total. The first-order valence-electron chi connectivity index (χ1n) is 5.83. The largest absolute Gasteiger partial charge is 0.405 e. The van der Waals surface area contributed by atoms with Gasteiger partial charge in [-0.2, -0.15) is 18.4 Å². The topological polar surface area (TPSA) is 27.0 Å². The van der Waals surface area contributed by atoms with Crippen molar-refractivity contribution in [3.63, 3.8) is 0 Å².